The average molecular weight is 388 g/mol. The number of urea groups is 1. The van der Waals surface area contributed by atoms with Gasteiger partial charge in [-0.3, -0.25) is 20.2 Å². The number of thiophene rings is 1. The molecule has 0 atom stereocenters. The maximum atomic E-state index is 12.5. The Labute approximate surface area is 160 Å². The molecule has 2 heterocycles. The molecule has 0 spiro atoms. The lowest BCUT2D eigenvalue weighted by atomic mass is 9.96. The Bertz CT molecular complexity index is 845. The lowest BCUT2D eigenvalue weighted by Crippen LogP contribution is -2.43. The van der Waals surface area contributed by atoms with Gasteiger partial charge >= 0.3 is 6.03 Å². The fourth-order valence-electron chi connectivity index (χ4n) is 2.97. The third-order valence-electron chi connectivity index (χ3n) is 4.59. The Balaban J connectivity index is 1.55. The maximum Gasteiger partial charge on any atom is 0.322 e. The number of piperidine rings is 1. The standard InChI is InChI=1S/C18H20N4O4S/c1-12-4-5-14(22(25)26)11-15(12)19-17(23)13-6-8-21(9-7-13)18(24)20-16-3-2-10-27-16/h2-5,10-11,13H,6-9H2,1H3,(H,19,23)(H,20,24). The zero-order valence-electron chi connectivity index (χ0n) is 14.8. The van der Waals surface area contributed by atoms with Gasteiger partial charge in [0.05, 0.1) is 15.6 Å². The van der Waals surface area contributed by atoms with E-state index in [1.165, 1.54) is 23.5 Å². The second-order valence-corrected chi connectivity index (χ2v) is 7.36. The van der Waals surface area contributed by atoms with E-state index in [2.05, 4.69) is 10.6 Å². The number of likely N-dealkylation sites (tertiary alicyclic amines) is 1. The van der Waals surface area contributed by atoms with Crippen LogP contribution in [0.25, 0.3) is 0 Å². The zero-order chi connectivity index (χ0) is 19.4. The number of nitrogens with one attached hydrogen (secondary N) is 2. The maximum absolute atomic E-state index is 12.5. The molecule has 1 saturated heterocycles. The van der Waals surface area contributed by atoms with Gasteiger partial charge in [-0.25, -0.2) is 4.79 Å². The van der Waals surface area contributed by atoms with Crippen LogP contribution in [-0.2, 0) is 4.79 Å². The number of nitro benzene ring substituents is 1. The molecule has 142 valence electrons. The highest BCUT2D eigenvalue weighted by atomic mass is 32.1. The monoisotopic (exact) mass is 388 g/mol. The highest BCUT2D eigenvalue weighted by Gasteiger charge is 2.28. The van der Waals surface area contributed by atoms with Crippen molar-refractivity contribution in [3.05, 3.63) is 51.4 Å². The summed E-state index contributed by atoms with van der Waals surface area (Å²) in [5.41, 5.74) is 1.16. The minimum atomic E-state index is -0.486. The van der Waals surface area contributed by atoms with Crippen LogP contribution >= 0.6 is 11.3 Å². The lowest BCUT2D eigenvalue weighted by molar-refractivity contribution is -0.384. The molecule has 1 aromatic carbocycles. The summed E-state index contributed by atoms with van der Waals surface area (Å²) in [5.74, 6) is -0.397. The van der Waals surface area contributed by atoms with E-state index in [1.807, 2.05) is 17.5 Å². The van der Waals surface area contributed by atoms with Crippen molar-refractivity contribution in [2.75, 3.05) is 23.7 Å². The number of rotatable bonds is 4. The number of carbonyl (C=O) groups is 2. The van der Waals surface area contributed by atoms with Crippen molar-refractivity contribution in [2.45, 2.75) is 19.8 Å². The first-order valence-corrected chi connectivity index (χ1v) is 9.47. The van der Waals surface area contributed by atoms with E-state index in [4.69, 9.17) is 0 Å². The highest BCUT2D eigenvalue weighted by Crippen LogP contribution is 2.25. The molecular weight excluding hydrogens is 368 g/mol. The molecule has 0 radical (unpaired) electrons. The van der Waals surface area contributed by atoms with E-state index in [0.29, 0.717) is 31.6 Å². The quantitative estimate of drug-likeness (QED) is 0.613. The Hall–Kier alpha value is -2.94. The summed E-state index contributed by atoms with van der Waals surface area (Å²) in [6.45, 7) is 2.77. The minimum Gasteiger partial charge on any atom is -0.325 e. The van der Waals surface area contributed by atoms with Crippen molar-refractivity contribution in [3.8, 4) is 0 Å². The summed E-state index contributed by atoms with van der Waals surface area (Å²) in [7, 11) is 0. The van der Waals surface area contributed by atoms with Crippen molar-refractivity contribution in [1.29, 1.82) is 0 Å². The van der Waals surface area contributed by atoms with Crippen molar-refractivity contribution in [3.63, 3.8) is 0 Å². The largest absolute Gasteiger partial charge is 0.325 e. The van der Waals surface area contributed by atoms with E-state index >= 15 is 0 Å². The van der Waals surface area contributed by atoms with Crippen molar-refractivity contribution in [2.24, 2.45) is 5.92 Å². The topological polar surface area (TPSA) is 105 Å². The van der Waals surface area contributed by atoms with Crippen LogP contribution in [0.4, 0.5) is 21.2 Å². The van der Waals surface area contributed by atoms with Crippen LogP contribution in [0.1, 0.15) is 18.4 Å². The molecule has 1 fully saturated rings. The van der Waals surface area contributed by atoms with Crippen LogP contribution in [0.2, 0.25) is 0 Å². The zero-order valence-corrected chi connectivity index (χ0v) is 15.6. The molecule has 1 aliphatic rings. The SMILES string of the molecule is Cc1ccc([N+](=O)[O-])cc1NC(=O)C1CCN(C(=O)Nc2cccs2)CC1. The highest BCUT2D eigenvalue weighted by molar-refractivity contribution is 7.14. The Morgan fingerprint density at radius 3 is 2.59 bits per heavy atom. The predicted octanol–water partition coefficient (Wildman–Crippen LogP) is 3.85. The number of hydrogen-bond donors (Lipinski definition) is 2. The fraction of sp³-hybridized carbons (Fsp3) is 0.333. The molecule has 0 unspecified atom stereocenters. The molecule has 9 heteroatoms. The first-order chi connectivity index (χ1) is 12.9. The number of nitro groups is 1. The number of hydrogen-bond acceptors (Lipinski definition) is 5. The third kappa shape index (κ3) is 4.62. The fourth-order valence-corrected chi connectivity index (χ4v) is 3.58. The van der Waals surface area contributed by atoms with Gasteiger partial charge in [0.1, 0.15) is 0 Å². The summed E-state index contributed by atoms with van der Waals surface area (Å²) < 4.78 is 0. The summed E-state index contributed by atoms with van der Waals surface area (Å²) >= 11 is 1.46. The molecule has 27 heavy (non-hydrogen) atoms. The number of benzene rings is 1. The number of non-ortho nitro benzene ring substituents is 1. The summed E-state index contributed by atoms with van der Waals surface area (Å²) in [4.78, 5) is 36.9. The van der Waals surface area contributed by atoms with Gasteiger partial charge < -0.3 is 10.2 Å². The van der Waals surface area contributed by atoms with Crippen LogP contribution in [0, 0.1) is 23.0 Å². The molecule has 1 aromatic heterocycles. The van der Waals surface area contributed by atoms with Crippen LogP contribution in [0.15, 0.2) is 35.7 Å². The molecule has 3 rings (SSSR count). The molecule has 3 amide bonds. The first-order valence-electron chi connectivity index (χ1n) is 8.59. The molecule has 0 aliphatic carbocycles. The van der Waals surface area contributed by atoms with Gasteiger partial charge in [-0.2, -0.15) is 0 Å². The third-order valence-corrected chi connectivity index (χ3v) is 5.38. The van der Waals surface area contributed by atoms with Crippen LogP contribution in [-0.4, -0.2) is 34.9 Å². The molecule has 1 aliphatic heterocycles. The molecular formula is C18H20N4O4S. The van der Waals surface area contributed by atoms with Gasteiger partial charge in [-0.15, -0.1) is 11.3 Å². The van der Waals surface area contributed by atoms with E-state index in [0.717, 1.165) is 10.6 Å². The first kappa shape index (κ1) is 18.8. The van der Waals surface area contributed by atoms with Crippen molar-refractivity contribution >= 4 is 39.7 Å². The van der Waals surface area contributed by atoms with Gasteiger partial charge in [-0.05, 0) is 42.8 Å². The van der Waals surface area contributed by atoms with Crippen LogP contribution in [0.3, 0.4) is 0 Å². The van der Waals surface area contributed by atoms with Crippen LogP contribution in [0.5, 0.6) is 0 Å². The summed E-state index contributed by atoms with van der Waals surface area (Å²) in [6, 6.07) is 7.94. The normalized spacial score (nSPS) is 14.6. The average Bonchev–Trinajstić information content (AvgIpc) is 3.16. The summed E-state index contributed by atoms with van der Waals surface area (Å²) in [5, 5.41) is 19.2. The summed E-state index contributed by atoms with van der Waals surface area (Å²) in [6.07, 6.45) is 1.11. The Morgan fingerprint density at radius 2 is 1.96 bits per heavy atom. The second kappa shape index (κ2) is 8.17. The van der Waals surface area contributed by atoms with Gasteiger partial charge in [0, 0.05) is 31.1 Å². The molecule has 8 nitrogen and oxygen atoms in total. The minimum absolute atomic E-state index is 0.0593. The van der Waals surface area contributed by atoms with E-state index in [-0.39, 0.29) is 23.5 Å². The Morgan fingerprint density at radius 1 is 1.22 bits per heavy atom. The second-order valence-electron chi connectivity index (χ2n) is 6.41. The predicted molar refractivity (Wildman–Crippen MR) is 104 cm³/mol. The molecule has 0 saturated carbocycles. The number of amides is 3. The number of carbonyl (C=O) groups excluding carboxylic acids is 2. The Kier molecular flexibility index (Phi) is 5.70. The van der Waals surface area contributed by atoms with Crippen LogP contribution < -0.4 is 10.6 Å². The van der Waals surface area contributed by atoms with E-state index in [9.17, 15) is 19.7 Å². The molecule has 0 bridgehead atoms. The molecule has 2 aromatic rings. The lowest BCUT2D eigenvalue weighted by Gasteiger charge is -2.31. The number of aryl methyl sites for hydroxylation is 1. The van der Waals surface area contributed by atoms with Gasteiger partial charge in [0.2, 0.25) is 5.91 Å². The van der Waals surface area contributed by atoms with E-state index < -0.39 is 4.92 Å². The van der Waals surface area contributed by atoms with E-state index in [1.54, 1.807) is 17.9 Å². The number of anilines is 2. The molecule has 2 N–H and O–H groups in total. The van der Waals surface area contributed by atoms with Crippen molar-refractivity contribution < 1.29 is 14.5 Å². The number of nitrogens with zero attached hydrogens (tertiary/aromatic N) is 2. The van der Waals surface area contributed by atoms with Gasteiger partial charge in [0.25, 0.3) is 5.69 Å². The smallest absolute Gasteiger partial charge is 0.322 e. The van der Waals surface area contributed by atoms with Gasteiger partial charge in [-0.1, -0.05) is 6.07 Å². The van der Waals surface area contributed by atoms with Gasteiger partial charge in [0.15, 0.2) is 0 Å². The van der Waals surface area contributed by atoms with Crippen molar-refractivity contribution in [1.82, 2.24) is 4.90 Å².